The van der Waals surface area contributed by atoms with Crippen molar-refractivity contribution in [2.75, 3.05) is 0 Å². The fourth-order valence-corrected chi connectivity index (χ4v) is 6.14. The molecular formula is C41H38N5OPt-. The predicted molar refractivity (Wildman–Crippen MR) is 191 cm³/mol. The second-order valence-corrected chi connectivity index (χ2v) is 14.3. The van der Waals surface area contributed by atoms with Gasteiger partial charge in [-0.3, -0.25) is 19.9 Å². The van der Waals surface area contributed by atoms with Crippen molar-refractivity contribution in [2.45, 2.75) is 59.3 Å². The van der Waals surface area contributed by atoms with E-state index >= 15 is 0 Å². The van der Waals surface area contributed by atoms with Gasteiger partial charge in [-0.05, 0) is 64.1 Å². The van der Waals surface area contributed by atoms with E-state index in [-0.39, 0.29) is 37.6 Å². The first kappa shape index (κ1) is 33.2. The number of pyridine rings is 3. The number of hydrogen-bond donors (Lipinski definition) is 1. The minimum atomic E-state index is -0.0437. The minimum Gasteiger partial charge on any atom is -0.506 e. The van der Waals surface area contributed by atoms with Gasteiger partial charge in [-0.2, -0.15) is 0 Å². The molecule has 3 aromatic carbocycles. The minimum absolute atomic E-state index is 0. The molecule has 4 heterocycles. The number of rotatable bonds is 4. The summed E-state index contributed by atoms with van der Waals surface area (Å²) < 4.78 is 2.14. The van der Waals surface area contributed by atoms with Gasteiger partial charge in [-0.15, -0.1) is 29.8 Å². The molecule has 0 unspecified atom stereocenters. The van der Waals surface area contributed by atoms with Crippen LogP contribution in [0.15, 0.2) is 97.7 Å². The number of nitrogens with zero attached hydrogens (tertiary/aromatic N) is 5. The number of aromatic nitrogens is 5. The quantitative estimate of drug-likeness (QED) is 0.179. The molecule has 0 spiro atoms. The van der Waals surface area contributed by atoms with Crippen LogP contribution in [0, 0.1) is 13.0 Å². The Balaban J connectivity index is 0.00000401. The average Bonchev–Trinajstić information content (AvgIpc) is 3.44. The van der Waals surface area contributed by atoms with E-state index < -0.39 is 0 Å². The summed E-state index contributed by atoms with van der Waals surface area (Å²) in [5.41, 5.74) is 11.3. The number of fused-ring (bicyclic) bond motifs is 2. The molecule has 0 saturated carbocycles. The Bertz CT molecular complexity index is 2290. The third-order valence-corrected chi connectivity index (χ3v) is 8.91. The van der Waals surface area contributed by atoms with E-state index in [9.17, 15) is 5.11 Å². The Kier molecular flexibility index (Phi) is 8.59. The zero-order valence-corrected chi connectivity index (χ0v) is 30.5. The largest absolute Gasteiger partial charge is 0.506 e. The van der Waals surface area contributed by atoms with Crippen molar-refractivity contribution in [1.29, 1.82) is 0 Å². The molecular weight excluding hydrogens is 774 g/mol. The van der Waals surface area contributed by atoms with E-state index in [0.717, 1.165) is 55.7 Å². The number of aryl methyl sites for hydroxylation is 1. The number of benzene rings is 3. The number of aromatic hydroxyl groups is 1. The standard InChI is InChI=1S/C41H38N5O.Pt/c1-25-15-18-44-37-32(25)20-29(41(5,6)7)21-33(37)26-9-8-10-27(19-26)39-45-38-34(31-16-17-42-24-36(31)47)22-43-23-35(38)46(39)30-13-11-28(12-14-30)40(2,3)4;/h8-18,20-24,47H,1-7H3;/q-1;. The second-order valence-electron chi connectivity index (χ2n) is 14.3. The van der Waals surface area contributed by atoms with Gasteiger partial charge >= 0.3 is 0 Å². The molecule has 0 bridgehead atoms. The van der Waals surface area contributed by atoms with Crippen LogP contribution in [0.2, 0.25) is 0 Å². The fourth-order valence-electron chi connectivity index (χ4n) is 6.14. The third-order valence-electron chi connectivity index (χ3n) is 8.91. The summed E-state index contributed by atoms with van der Waals surface area (Å²) in [7, 11) is 0. The van der Waals surface area contributed by atoms with Gasteiger partial charge in [0, 0.05) is 62.0 Å². The van der Waals surface area contributed by atoms with Gasteiger partial charge in [0.15, 0.2) is 0 Å². The molecule has 7 rings (SSSR count). The second kappa shape index (κ2) is 12.4. The van der Waals surface area contributed by atoms with Gasteiger partial charge in [-0.1, -0.05) is 76.9 Å². The Morgan fingerprint density at radius 1 is 0.688 bits per heavy atom. The summed E-state index contributed by atoms with van der Waals surface area (Å²) in [4.78, 5) is 18.8. The van der Waals surface area contributed by atoms with Crippen molar-refractivity contribution in [1.82, 2.24) is 24.5 Å². The maximum Gasteiger partial charge on any atom is 0.141 e. The summed E-state index contributed by atoms with van der Waals surface area (Å²) in [6.45, 7) is 15.5. The molecule has 0 fully saturated rings. The maximum atomic E-state index is 10.8. The summed E-state index contributed by atoms with van der Waals surface area (Å²) >= 11 is 0. The van der Waals surface area contributed by atoms with Gasteiger partial charge in [0.05, 0.1) is 29.3 Å². The first-order chi connectivity index (χ1) is 22.4. The fraction of sp³-hybridized carbons (Fsp3) is 0.220. The predicted octanol–water partition coefficient (Wildman–Crippen LogP) is 9.77. The van der Waals surface area contributed by atoms with Gasteiger partial charge in [0.25, 0.3) is 0 Å². The molecule has 0 aliphatic rings. The van der Waals surface area contributed by atoms with Crippen LogP contribution in [-0.2, 0) is 31.9 Å². The monoisotopic (exact) mass is 811 g/mol. The van der Waals surface area contributed by atoms with Crippen LogP contribution in [0.4, 0.5) is 0 Å². The van der Waals surface area contributed by atoms with E-state index in [0.29, 0.717) is 5.56 Å². The Hall–Kier alpha value is -4.67. The van der Waals surface area contributed by atoms with Gasteiger partial charge in [-0.25, -0.2) is 0 Å². The Morgan fingerprint density at radius 2 is 1.42 bits per heavy atom. The Morgan fingerprint density at radius 3 is 2.12 bits per heavy atom. The number of imidazole rings is 1. The Labute approximate surface area is 296 Å². The summed E-state index contributed by atoms with van der Waals surface area (Å²) in [6, 6.07) is 27.0. The molecule has 0 aliphatic heterocycles. The molecule has 0 amide bonds. The zero-order valence-electron chi connectivity index (χ0n) is 28.2. The van der Waals surface area contributed by atoms with Crippen molar-refractivity contribution in [3.05, 3.63) is 120 Å². The molecule has 0 atom stereocenters. The molecule has 244 valence electrons. The number of hydrogen-bond acceptors (Lipinski definition) is 5. The van der Waals surface area contributed by atoms with E-state index in [1.165, 1.54) is 22.9 Å². The molecule has 7 heteroatoms. The molecule has 0 saturated heterocycles. The molecule has 4 aromatic heterocycles. The van der Waals surface area contributed by atoms with E-state index in [4.69, 9.17) is 9.97 Å². The van der Waals surface area contributed by atoms with Crippen LogP contribution in [-0.4, -0.2) is 29.6 Å². The van der Waals surface area contributed by atoms with Crippen LogP contribution in [0.5, 0.6) is 5.75 Å². The van der Waals surface area contributed by atoms with Crippen LogP contribution >= 0.6 is 0 Å². The summed E-state index contributed by atoms with van der Waals surface area (Å²) in [5.74, 6) is 0.808. The van der Waals surface area contributed by atoms with Crippen molar-refractivity contribution in [3.63, 3.8) is 0 Å². The van der Waals surface area contributed by atoms with Crippen LogP contribution < -0.4 is 0 Å². The molecule has 6 nitrogen and oxygen atoms in total. The first-order valence-corrected chi connectivity index (χ1v) is 15.9. The van der Waals surface area contributed by atoms with Gasteiger partial charge in [0.2, 0.25) is 0 Å². The van der Waals surface area contributed by atoms with E-state index in [1.807, 2.05) is 12.4 Å². The molecule has 1 N–H and O–H groups in total. The topological polar surface area (TPSA) is 76.7 Å². The molecule has 7 aromatic rings. The summed E-state index contributed by atoms with van der Waals surface area (Å²) in [6.07, 6.45) is 8.58. The SMILES string of the molecule is Cc1ccnc2c(-c3[c-]c(-c4nc5c(-c6ccncc6O)cncc5n4-c4ccc(C(C)(C)C)cc4)ccc3)cc(C(C)(C)C)cc12.[Pt]. The van der Waals surface area contributed by atoms with Crippen molar-refractivity contribution in [3.8, 4) is 45.1 Å². The van der Waals surface area contributed by atoms with Crippen LogP contribution in [0.25, 0.3) is 61.3 Å². The van der Waals surface area contributed by atoms with Gasteiger partial charge in [0.1, 0.15) is 5.75 Å². The first-order valence-electron chi connectivity index (χ1n) is 15.9. The molecule has 0 aliphatic carbocycles. The van der Waals surface area contributed by atoms with Crippen LogP contribution in [0.1, 0.15) is 58.2 Å². The van der Waals surface area contributed by atoms with Crippen molar-refractivity contribution >= 4 is 21.9 Å². The average molecular weight is 812 g/mol. The zero-order chi connectivity index (χ0) is 33.1. The van der Waals surface area contributed by atoms with Crippen molar-refractivity contribution in [2.24, 2.45) is 0 Å². The van der Waals surface area contributed by atoms with Crippen molar-refractivity contribution < 1.29 is 26.2 Å². The smallest absolute Gasteiger partial charge is 0.141 e. The molecule has 0 radical (unpaired) electrons. The van der Waals surface area contributed by atoms with Crippen LogP contribution in [0.3, 0.4) is 0 Å². The van der Waals surface area contributed by atoms with Gasteiger partial charge < -0.3 is 9.67 Å². The normalized spacial score (nSPS) is 12.0. The van der Waals surface area contributed by atoms with E-state index in [2.05, 4.69) is 130 Å². The third kappa shape index (κ3) is 5.95. The molecule has 48 heavy (non-hydrogen) atoms. The maximum absolute atomic E-state index is 10.8. The summed E-state index contributed by atoms with van der Waals surface area (Å²) in [5, 5.41) is 11.9. The van der Waals surface area contributed by atoms with E-state index in [1.54, 1.807) is 18.5 Å².